The zero-order valence-electron chi connectivity index (χ0n) is 10.6. The van der Waals surface area contributed by atoms with E-state index in [2.05, 4.69) is 64.4 Å². The molecule has 4 heteroatoms. The Bertz CT molecular complexity index is 536. The topological polar surface area (TPSA) is 29.3 Å². The van der Waals surface area contributed by atoms with Crippen LogP contribution in [0.3, 0.4) is 0 Å². The third kappa shape index (κ3) is 3.13. The first-order valence-electron chi connectivity index (χ1n) is 5.84. The summed E-state index contributed by atoms with van der Waals surface area (Å²) < 4.78 is 1.16. The van der Waals surface area contributed by atoms with Crippen LogP contribution < -0.4 is 10.6 Å². The van der Waals surface area contributed by atoms with Crippen LogP contribution in [0, 0.1) is 6.92 Å². The number of thiophene rings is 1. The number of aryl methyl sites for hydroxylation is 1. The van der Waals surface area contributed by atoms with Crippen LogP contribution in [-0.2, 0) is 13.1 Å². The summed E-state index contributed by atoms with van der Waals surface area (Å²) in [5, 5.41) is 2.12. The Hall–Kier alpha value is -0.840. The van der Waals surface area contributed by atoms with E-state index in [4.69, 9.17) is 5.73 Å². The molecule has 1 aromatic heterocycles. The minimum atomic E-state index is 0.600. The van der Waals surface area contributed by atoms with Crippen molar-refractivity contribution in [3.8, 4) is 0 Å². The van der Waals surface area contributed by atoms with Gasteiger partial charge >= 0.3 is 0 Å². The maximum absolute atomic E-state index is 5.65. The number of hydrogen-bond donors (Lipinski definition) is 1. The van der Waals surface area contributed by atoms with Crippen LogP contribution in [0.1, 0.15) is 16.0 Å². The number of nitrogens with two attached hydrogens (primary N) is 1. The Morgan fingerprint density at radius 3 is 2.67 bits per heavy atom. The molecule has 0 atom stereocenters. The number of rotatable bonds is 4. The van der Waals surface area contributed by atoms with Gasteiger partial charge in [-0.15, -0.1) is 11.3 Å². The summed E-state index contributed by atoms with van der Waals surface area (Å²) in [6, 6.07) is 8.59. The van der Waals surface area contributed by atoms with Gasteiger partial charge in [0.05, 0.1) is 6.54 Å². The summed E-state index contributed by atoms with van der Waals surface area (Å²) in [4.78, 5) is 3.63. The molecule has 0 amide bonds. The van der Waals surface area contributed by atoms with E-state index in [1.165, 1.54) is 21.7 Å². The molecule has 0 saturated heterocycles. The van der Waals surface area contributed by atoms with Crippen molar-refractivity contribution in [1.82, 2.24) is 0 Å². The van der Waals surface area contributed by atoms with E-state index in [1.54, 1.807) is 11.3 Å². The lowest BCUT2D eigenvalue weighted by molar-refractivity contribution is 0.930. The Labute approximate surface area is 121 Å². The smallest absolute Gasteiger partial charge is 0.0520 e. The Morgan fingerprint density at radius 2 is 2.11 bits per heavy atom. The predicted molar refractivity (Wildman–Crippen MR) is 83.2 cm³/mol. The first kappa shape index (κ1) is 13.6. The van der Waals surface area contributed by atoms with E-state index < -0.39 is 0 Å². The molecule has 0 bridgehead atoms. The van der Waals surface area contributed by atoms with Gasteiger partial charge in [-0.1, -0.05) is 12.1 Å². The van der Waals surface area contributed by atoms with E-state index >= 15 is 0 Å². The summed E-state index contributed by atoms with van der Waals surface area (Å²) in [7, 11) is 2.12. The molecule has 0 saturated carbocycles. The van der Waals surface area contributed by atoms with Gasteiger partial charge in [0, 0.05) is 34.0 Å². The monoisotopic (exact) mass is 324 g/mol. The molecule has 0 unspecified atom stereocenters. The zero-order valence-corrected chi connectivity index (χ0v) is 13.0. The Kier molecular flexibility index (Phi) is 4.43. The molecule has 2 aromatic rings. The molecule has 2 N–H and O–H groups in total. The number of halogens is 1. The van der Waals surface area contributed by atoms with Crippen molar-refractivity contribution in [2.45, 2.75) is 20.0 Å². The lowest BCUT2D eigenvalue weighted by atomic mass is 10.1. The minimum Gasteiger partial charge on any atom is -0.369 e. The highest BCUT2D eigenvalue weighted by atomic mass is 79.9. The Balaban J connectivity index is 2.15. The maximum Gasteiger partial charge on any atom is 0.0520 e. The molecule has 0 fully saturated rings. The largest absolute Gasteiger partial charge is 0.369 e. The van der Waals surface area contributed by atoms with Gasteiger partial charge in [0.1, 0.15) is 0 Å². The predicted octanol–water partition coefficient (Wildman–Crippen LogP) is 3.91. The van der Waals surface area contributed by atoms with Gasteiger partial charge in [0.25, 0.3) is 0 Å². The van der Waals surface area contributed by atoms with Gasteiger partial charge in [-0.2, -0.15) is 0 Å². The molecule has 1 heterocycles. The van der Waals surface area contributed by atoms with E-state index in [0.29, 0.717) is 6.54 Å². The zero-order chi connectivity index (χ0) is 13.1. The molecule has 18 heavy (non-hydrogen) atoms. The van der Waals surface area contributed by atoms with E-state index in [1.807, 2.05) is 0 Å². The van der Waals surface area contributed by atoms with Crippen LogP contribution in [0.25, 0.3) is 0 Å². The van der Waals surface area contributed by atoms with Crippen LogP contribution in [0.2, 0.25) is 0 Å². The summed E-state index contributed by atoms with van der Waals surface area (Å²) in [6.45, 7) is 3.66. The van der Waals surface area contributed by atoms with Gasteiger partial charge in [0.15, 0.2) is 0 Å². The van der Waals surface area contributed by atoms with Crippen LogP contribution in [-0.4, -0.2) is 7.05 Å². The van der Waals surface area contributed by atoms with Crippen molar-refractivity contribution < 1.29 is 0 Å². The highest BCUT2D eigenvalue weighted by molar-refractivity contribution is 9.10. The van der Waals surface area contributed by atoms with Crippen LogP contribution in [0.4, 0.5) is 5.69 Å². The second-order valence-electron chi connectivity index (χ2n) is 4.41. The van der Waals surface area contributed by atoms with Gasteiger partial charge in [-0.25, -0.2) is 0 Å². The molecule has 0 radical (unpaired) electrons. The van der Waals surface area contributed by atoms with Crippen LogP contribution in [0.5, 0.6) is 0 Å². The average Bonchev–Trinajstić information content (AvgIpc) is 2.74. The van der Waals surface area contributed by atoms with Crippen molar-refractivity contribution in [1.29, 1.82) is 0 Å². The van der Waals surface area contributed by atoms with Crippen molar-refractivity contribution in [2.75, 3.05) is 11.9 Å². The first-order chi connectivity index (χ1) is 8.60. The number of benzene rings is 1. The van der Waals surface area contributed by atoms with Crippen LogP contribution >= 0.6 is 27.3 Å². The number of anilines is 1. The summed E-state index contributed by atoms with van der Waals surface area (Å²) >= 11 is 5.27. The quantitative estimate of drug-likeness (QED) is 0.923. The van der Waals surface area contributed by atoms with Gasteiger partial charge in [-0.3, -0.25) is 0 Å². The molecule has 0 aliphatic carbocycles. The second-order valence-corrected chi connectivity index (χ2v) is 6.32. The fraction of sp³-hybridized carbons (Fsp3) is 0.286. The SMILES string of the molecule is Cc1cc(CN)ccc1N(C)Cc1cc(Br)cs1. The van der Waals surface area contributed by atoms with Crippen molar-refractivity contribution in [2.24, 2.45) is 5.73 Å². The molecular formula is C14H17BrN2S. The molecule has 2 rings (SSSR count). The third-order valence-corrected chi connectivity index (χ3v) is 4.61. The van der Waals surface area contributed by atoms with Gasteiger partial charge < -0.3 is 10.6 Å². The normalized spacial score (nSPS) is 10.7. The minimum absolute atomic E-state index is 0.600. The highest BCUT2D eigenvalue weighted by Crippen LogP contribution is 2.25. The first-order valence-corrected chi connectivity index (χ1v) is 7.51. The molecule has 2 nitrogen and oxygen atoms in total. The summed E-state index contributed by atoms with van der Waals surface area (Å²) in [5.74, 6) is 0. The number of hydrogen-bond acceptors (Lipinski definition) is 3. The standard InChI is InChI=1S/C14H17BrN2S/c1-10-5-11(7-16)3-4-14(10)17(2)8-13-6-12(15)9-18-13/h3-6,9H,7-8,16H2,1-2H3. The lowest BCUT2D eigenvalue weighted by Gasteiger charge is -2.21. The van der Waals surface area contributed by atoms with Crippen LogP contribution in [0.15, 0.2) is 34.1 Å². The molecule has 1 aromatic carbocycles. The van der Waals surface area contributed by atoms with E-state index in [9.17, 15) is 0 Å². The second kappa shape index (κ2) is 5.87. The molecule has 96 valence electrons. The molecule has 0 aliphatic heterocycles. The molecule has 0 aliphatic rings. The molecule has 0 spiro atoms. The van der Waals surface area contributed by atoms with Crippen molar-refractivity contribution in [3.05, 3.63) is 50.1 Å². The third-order valence-electron chi connectivity index (χ3n) is 2.92. The van der Waals surface area contributed by atoms with Gasteiger partial charge in [-0.05, 0) is 46.1 Å². The summed E-state index contributed by atoms with van der Waals surface area (Å²) in [5.41, 5.74) is 9.37. The van der Waals surface area contributed by atoms with Crippen molar-refractivity contribution in [3.63, 3.8) is 0 Å². The average molecular weight is 325 g/mol. The van der Waals surface area contributed by atoms with E-state index in [0.717, 1.165) is 11.0 Å². The Morgan fingerprint density at radius 1 is 1.33 bits per heavy atom. The highest BCUT2D eigenvalue weighted by Gasteiger charge is 2.07. The van der Waals surface area contributed by atoms with Crippen molar-refractivity contribution >= 4 is 33.0 Å². The fourth-order valence-electron chi connectivity index (χ4n) is 2.03. The fourth-order valence-corrected chi connectivity index (χ4v) is 3.53. The maximum atomic E-state index is 5.65. The number of nitrogens with zero attached hydrogens (tertiary/aromatic N) is 1. The molecular weight excluding hydrogens is 308 g/mol. The summed E-state index contributed by atoms with van der Waals surface area (Å²) in [6.07, 6.45) is 0. The van der Waals surface area contributed by atoms with Gasteiger partial charge in [0.2, 0.25) is 0 Å². The van der Waals surface area contributed by atoms with E-state index in [-0.39, 0.29) is 0 Å². The lowest BCUT2D eigenvalue weighted by Crippen LogP contribution is -2.16.